The summed E-state index contributed by atoms with van der Waals surface area (Å²) >= 11 is 0. The van der Waals surface area contributed by atoms with Gasteiger partial charge in [-0.3, -0.25) is 19.7 Å². The number of nitro benzene ring substituents is 1. The molecule has 2 rings (SSSR count). The van der Waals surface area contributed by atoms with Gasteiger partial charge in [0.1, 0.15) is 0 Å². The zero-order valence-corrected chi connectivity index (χ0v) is 14.1. The predicted octanol–water partition coefficient (Wildman–Crippen LogP) is 1.40. The first kappa shape index (κ1) is 18.7. The lowest BCUT2D eigenvalue weighted by atomic mass is 10.2. The molecule has 0 unspecified atom stereocenters. The highest BCUT2D eigenvalue weighted by Gasteiger charge is 2.10. The zero-order chi connectivity index (χ0) is 18.9. The van der Waals surface area contributed by atoms with E-state index in [9.17, 15) is 19.7 Å². The highest BCUT2D eigenvalue weighted by Crippen LogP contribution is 2.17. The minimum absolute atomic E-state index is 0.0541. The van der Waals surface area contributed by atoms with Gasteiger partial charge >= 0.3 is 5.91 Å². The second-order valence-electron chi connectivity index (χ2n) is 5.46. The summed E-state index contributed by atoms with van der Waals surface area (Å²) in [6, 6.07) is 11.1. The van der Waals surface area contributed by atoms with Crippen molar-refractivity contribution in [2.45, 2.75) is 19.9 Å². The van der Waals surface area contributed by atoms with Crippen LogP contribution in [0.1, 0.15) is 13.3 Å². The monoisotopic (exact) mass is 356 g/mol. The second-order valence-corrected chi connectivity index (χ2v) is 5.46. The number of non-ortho nitro benzene ring substituents is 1. The van der Waals surface area contributed by atoms with E-state index in [4.69, 9.17) is 0 Å². The molecule has 1 aromatic carbocycles. The number of nitro groups is 1. The van der Waals surface area contributed by atoms with Crippen LogP contribution in [0.2, 0.25) is 0 Å². The molecule has 0 radical (unpaired) electrons. The van der Waals surface area contributed by atoms with Gasteiger partial charge in [-0.1, -0.05) is 12.1 Å². The van der Waals surface area contributed by atoms with Crippen molar-refractivity contribution in [3.05, 3.63) is 65.0 Å². The van der Waals surface area contributed by atoms with Crippen LogP contribution in [0.5, 0.6) is 0 Å². The molecule has 2 N–H and O–H groups in total. The smallest absolute Gasteiger partial charge is 0.305 e. The molecule has 26 heavy (non-hydrogen) atoms. The molecule has 0 aliphatic rings. The molecular weight excluding hydrogens is 338 g/mol. The Labute approximate surface area is 149 Å². The number of hydrazone groups is 1. The number of nitrogens with zero attached hydrogens (tertiary/aromatic N) is 3. The van der Waals surface area contributed by atoms with E-state index >= 15 is 0 Å². The Hall–Kier alpha value is -3.62. The first-order valence-electron chi connectivity index (χ1n) is 7.74. The summed E-state index contributed by atoms with van der Waals surface area (Å²) < 4.78 is 1.69. The van der Waals surface area contributed by atoms with Crippen molar-refractivity contribution in [3.8, 4) is 0 Å². The van der Waals surface area contributed by atoms with Gasteiger partial charge in [-0.05, 0) is 13.0 Å². The van der Waals surface area contributed by atoms with Crippen LogP contribution in [0.15, 0.2) is 60.0 Å². The quantitative estimate of drug-likeness (QED) is 0.337. The van der Waals surface area contributed by atoms with Crippen molar-refractivity contribution >= 4 is 28.9 Å². The van der Waals surface area contributed by atoms with Crippen LogP contribution in [0, 0.1) is 10.1 Å². The van der Waals surface area contributed by atoms with Crippen LogP contribution in [0.25, 0.3) is 0 Å². The zero-order valence-electron chi connectivity index (χ0n) is 14.1. The molecule has 1 aromatic heterocycles. The average Bonchev–Trinajstić information content (AvgIpc) is 2.61. The van der Waals surface area contributed by atoms with Crippen molar-refractivity contribution in [1.82, 2.24) is 5.43 Å². The van der Waals surface area contributed by atoms with E-state index in [1.165, 1.54) is 18.2 Å². The number of amides is 2. The Kier molecular flexibility index (Phi) is 6.49. The van der Waals surface area contributed by atoms with E-state index in [1.807, 2.05) is 6.07 Å². The summed E-state index contributed by atoms with van der Waals surface area (Å²) in [5.41, 5.74) is 2.99. The molecular formula is C17H18N5O4+. The topological polar surface area (TPSA) is 118 Å². The first-order valence-corrected chi connectivity index (χ1v) is 7.74. The second kappa shape index (κ2) is 9.02. The minimum atomic E-state index is -0.539. The van der Waals surface area contributed by atoms with E-state index in [0.717, 1.165) is 0 Å². The molecule has 9 heteroatoms. The van der Waals surface area contributed by atoms with Gasteiger partial charge in [0.15, 0.2) is 12.4 Å². The number of pyridine rings is 1. The summed E-state index contributed by atoms with van der Waals surface area (Å²) in [7, 11) is 0. The summed E-state index contributed by atoms with van der Waals surface area (Å²) in [6.45, 7) is 1.71. The lowest BCUT2D eigenvalue weighted by molar-refractivity contribution is -0.684. The maximum absolute atomic E-state index is 12.0. The molecule has 0 fully saturated rings. The van der Waals surface area contributed by atoms with Gasteiger partial charge in [-0.15, -0.1) is 0 Å². The number of carbonyl (C=O) groups is 2. The van der Waals surface area contributed by atoms with Crippen molar-refractivity contribution in [2.75, 3.05) is 5.32 Å². The summed E-state index contributed by atoms with van der Waals surface area (Å²) in [5.74, 6) is -0.710. The minimum Gasteiger partial charge on any atom is -0.326 e. The molecule has 134 valence electrons. The number of rotatable bonds is 7. The average molecular weight is 356 g/mol. The van der Waals surface area contributed by atoms with Crippen molar-refractivity contribution in [3.63, 3.8) is 0 Å². The SMILES string of the molecule is C/C(CC(=O)Nc1cccc([N+](=O)[O-])c1)=N\NC(=O)C[n+]1ccccc1. The van der Waals surface area contributed by atoms with E-state index < -0.39 is 10.8 Å². The number of hydrogen-bond donors (Lipinski definition) is 2. The van der Waals surface area contributed by atoms with Gasteiger partial charge in [-0.25, -0.2) is 5.43 Å². The van der Waals surface area contributed by atoms with E-state index in [2.05, 4.69) is 15.8 Å². The molecule has 0 saturated carbocycles. The molecule has 0 bridgehead atoms. The highest BCUT2D eigenvalue weighted by molar-refractivity contribution is 6.05. The largest absolute Gasteiger partial charge is 0.326 e. The van der Waals surface area contributed by atoms with Gasteiger partial charge in [-0.2, -0.15) is 9.67 Å². The van der Waals surface area contributed by atoms with Crippen molar-refractivity contribution in [2.24, 2.45) is 5.10 Å². The maximum atomic E-state index is 12.0. The summed E-state index contributed by atoms with van der Waals surface area (Å²) in [4.78, 5) is 33.9. The Morgan fingerprint density at radius 3 is 2.58 bits per heavy atom. The lowest BCUT2D eigenvalue weighted by Gasteiger charge is -2.05. The molecule has 0 aliphatic carbocycles. The summed E-state index contributed by atoms with van der Waals surface area (Å²) in [5, 5.41) is 17.2. The van der Waals surface area contributed by atoms with Crippen molar-refractivity contribution < 1.29 is 19.1 Å². The van der Waals surface area contributed by atoms with E-state index in [0.29, 0.717) is 11.4 Å². The number of benzene rings is 1. The fourth-order valence-corrected chi connectivity index (χ4v) is 2.07. The van der Waals surface area contributed by atoms with Gasteiger partial charge < -0.3 is 5.32 Å². The highest BCUT2D eigenvalue weighted by atomic mass is 16.6. The first-order chi connectivity index (χ1) is 12.4. The third-order valence-electron chi connectivity index (χ3n) is 3.23. The van der Waals surface area contributed by atoms with Gasteiger partial charge in [0.05, 0.1) is 11.3 Å². The molecule has 1 heterocycles. The van der Waals surface area contributed by atoms with E-state index in [1.54, 1.807) is 42.1 Å². The Balaban J connectivity index is 1.84. The fourth-order valence-electron chi connectivity index (χ4n) is 2.07. The molecule has 0 saturated heterocycles. The maximum Gasteiger partial charge on any atom is 0.305 e. The van der Waals surface area contributed by atoms with Crippen LogP contribution in [0.4, 0.5) is 11.4 Å². The Morgan fingerprint density at radius 2 is 1.88 bits per heavy atom. The van der Waals surface area contributed by atoms with Crippen LogP contribution in [-0.2, 0) is 16.1 Å². The lowest BCUT2D eigenvalue weighted by Crippen LogP contribution is -2.41. The molecule has 0 atom stereocenters. The number of hydrogen-bond acceptors (Lipinski definition) is 5. The number of aromatic nitrogens is 1. The molecule has 2 aromatic rings. The van der Waals surface area contributed by atoms with Gasteiger partial charge in [0.25, 0.3) is 5.69 Å². The molecule has 0 spiro atoms. The standard InChI is InChI=1S/C17H17N5O4/c1-13(19-20-17(24)12-21-8-3-2-4-9-21)10-16(23)18-14-6-5-7-15(11-14)22(25)26/h2-9,11H,10,12H2,1H3,(H-,18,20,23,24)/p+1/b19-13+. The fraction of sp³-hybridized carbons (Fsp3) is 0.176. The molecule has 0 aliphatic heterocycles. The van der Waals surface area contributed by atoms with Gasteiger partial charge in [0, 0.05) is 35.7 Å². The molecule has 2 amide bonds. The summed E-state index contributed by atoms with van der Waals surface area (Å²) in [6.07, 6.45) is 3.45. The van der Waals surface area contributed by atoms with E-state index in [-0.39, 0.29) is 24.6 Å². The Bertz CT molecular complexity index is 836. The van der Waals surface area contributed by atoms with Crippen LogP contribution >= 0.6 is 0 Å². The number of anilines is 1. The number of nitrogens with one attached hydrogen (secondary N) is 2. The normalized spacial score (nSPS) is 10.9. The molecule has 9 nitrogen and oxygen atoms in total. The van der Waals surface area contributed by atoms with Crippen LogP contribution in [-0.4, -0.2) is 22.4 Å². The van der Waals surface area contributed by atoms with Crippen LogP contribution in [0.3, 0.4) is 0 Å². The van der Waals surface area contributed by atoms with Crippen LogP contribution < -0.4 is 15.3 Å². The number of carbonyl (C=O) groups excluding carboxylic acids is 2. The van der Waals surface area contributed by atoms with Crippen molar-refractivity contribution in [1.29, 1.82) is 0 Å². The third-order valence-corrected chi connectivity index (χ3v) is 3.23. The third kappa shape index (κ3) is 6.11. The van der Waals surface area contributed by atoms with Gasteiger partial charge in [0.2, 0.25) is 12.5 Å². The Morgan fingerprint density at radius 1 is 1.15 bits per heavy atom. The predicted molar refractivity (Wildman–Crippen MR) is 94.2 cm³/mol.